The van der Waals surface area contributed by atoms with Crippen molar-refractivity contribution in [3.8, 4) is 0 Å². The van der Waals surface area contributed by atoms with Crippen LogP contribution >= 0.6 is 11.8 Å². The van der Waals surface area contributed by atoms with Crippen molar-refractivity contribution < 1.29 is 0 Å². The van der Waals surface area contributed by atoms with Crippen LogP contribution in [0.1, 0.15) is 26.7 Å². The van der Waals surface area contributed by atoms with E-state index in [0.717, 1.165) is 0 Å². The van der Waals surface area contributed by atoms with Gasteiger partial charge in [-0.15, -0.1) is 11.8 Å². The van der Waals surface area contributed by atoms with Gasteiger partial charge in [0.2, 0.25) is 0 Å². The summed E-state index contributed by atoms with van der Waals surface area (Å²) < 4.78 is 1.87. The standard InChI is InChI=1S/C12H21N3S/c1-12(2)6-5-10(11(12)13-3)16-9-7-14-15(4)8-9/h7-8,10-11,13H,5-6H2,1-4H3. The third-order valence-electron chi connectivity index (χ3n) is 3.57. The molecule has 1 aliphatic rings. The van der Waals surface area contributed by atoms with E-state index in [1.807, 2.05) is 29.7 Å². The molecule has 2 atom stereocenters. The van der Waals surface area contributed by atoms with E-state index in [2.05, 4.69) is 37.5 Å². The van der Waals surface area contributed by atoms with Crippen molar-refractivity contribution in [1.82, 2.24) is 15.1 Å². The number of hydrogen-bond acceptors (Lipinski definition) is 3. The summed E-state index contributed by atoms with van der Waals surface area (Å²) in [4.78, 5) is 1.28. The highest BCUT2D eigenvalue weighted by molar-refractivity contribution is 8.00. The molecule has 0 aliphatic heterocycles. The third-order valence-corrected chi connectivity index (χ3v) is 4.86. The lowest BCUT2D eigenvalue weighted by Gasteiger charge is -2.29. The number of thioether (sulfide) groups is 1. The highest BCUT2D eigenvalue weighted by atomic mass is 32.2. The molecule has 1 aromatic rings. The minimum atomic E-state index is 0.411. The van der Waals surface area contributed by atoms with Crippen LogP contribution in [0.25, 0.3) is 0 Å². The topological polar surface area (TPSA) is 29.9 Å². The Morgan fingerprint density at radius 3 is 2.88 bits per heavy atom. The van der Waals surface area contributed by atoms with Gasteiger partial charge >= 0.3 is 0 Å². The molecular formula is C12H21N3S. The molecular weight excluding hydrogens is 218 g/mol. The Hall–Kier alpha value is -0.480. The predicted molar refractivity (Wildman–Crippen MR) is 68.7 cm³/mol. The van der Waals surface area contributed by atoms with Gasteiger partial charge in [-0.3, -0.25) is 4.68 Å². The number of nitrogens with one attached hydrogen (secondary N) is 1. The van der Waals surface area contributed by atoms with Gasteiger partial charge in [0, 0.05) is 29.4 Å². The number of nitrogens with zero attached hydrogens (tertiary/aromatic N) is 2. The van der Waals surface area contributed by atoms with Gasteiger partial charge in [-0.1, -0.05) is 13.8 Å². The molecule has 0 amide bonds. The molecule has 16 heavy (non-hydrogen) atoms. The van der Waals surface area contributed by atoms with Crippen LogP contribution in [0.3, 0.4) is 0 Å². The van der Waals surface area contributed by atoms with Crippen molar-refractivity contribution in [3.05, 3.63) is 12.4 Å². The molecule has 0 spiro atoms. The van der Waals surface area contributed by atoms with E-state index in [4.69, 9.17) is 0 Å². The molecule has 0 bridgehead atoms. The lowest BCUT2D eigenvalue weighted by atomic mass is 9.87. The highest BCUT2D eigenvalue weighted by Gasteiger charge is 2.41. The maximum Gasteiger partial charge on any atom is 0.0625 e. The normalized spacial score (nSPS) is 28.5. The number of hydrogen-bond donors (Lipinski definition) is 1. The number of aromatic nitrogens is 2. The monoisotopic (exact) mass is 239 g/mol. The largest absolute Gasteiger partial charge is 0.315 e. The Bertz CT molecular complexity index is 359. The summed E-state index contributed by atoms with van der Waals surface area (Å²) in [6.07, 6.45) is 6.65. The quantitative estimate of drug-likeness (QED) is 0.877. The zero-order chi connectivity index (χ0) is 11.8. The maximum atomic E-state index is 4.22. The van der Waals surface area contributed by atoms with Crippen LogP contribution in [0.5, 0.6) is 0 Å². The molecule has 2 rings (SSSR count). The Labute approximate surface area is 102 Å². The Balaban J connectivity index is 2.06. The smallest absolute Gasteiger partial charge is 0.0625 e. The number of rotatable bonds is 3. The zero-order valence-corrected chi connectivity index (χ0v) is 11.3. The van der Waals surface area contributed by atoms with Gasteiger partial charge in [-0.2, -0.15) is 5.10 Å². The summed E-state index contributed by atoms with van der Waals surface area (Å²) in [6, 6.07) is 0.595. The maximum absolute atomic E-state index is 4.22. The molecule has 1 aromatic heterocycles. The molecule has 0 aromatic carbocycles. The summed E-state index contributed by atoms with van der Waals surface area (Å²) >= 11 is 1.96. The molecule has 3 nitrogen and oxygen atoms in total. The second-order valence-electron chi connectivity index (χ2n) is 5.30. The van der Waals surface area contributed by atoms with Gasteiger partial charge in [-0.25, -0.2) is 0 Å². The molecule has 1 fully saturated rings. The minimum absolute atomic E-state index is 0.411. The van der Waals surface area contributed by atoms with Crippen LogP contribution in [-0.4, -0.2) is 28.1 Å². The molecule has 1 heterocycles. The molecule has 1 saturated carbocycles. The molecule has 0 radical (unpaired) electrons. The lowest BCUT2D eigenvalue weighted by Crippen LogP contribution is -2.41. The van der Waals surface area contributed by atoms with E-state index in [0.29, 0.717) is 16.7 Å². The third kappa shape index (κ3) is 2.28. The molecule has 2 unspecified atom stereocenters. The fourth-order valence-electron chi connectivity index (χ4n) is 2.68. The second kappa shape index (κ2) is 4.41. The fourth-order valence-corrected chi connectivity index (χ4v) is 4.22. The van der Waals surface area contributed by atoms with Gasteiger partial charge in [0.15, 0.2) is 0 Å². The van der Waals surface area contributed by atoms with E-state index < -0.39 is 0 Å². The molecule has 0 saturated heterocycles. The summed E-state index contributed by atoms with van der Waals surface area (Å²) in [5, 5.41) is 8.38. The van der Waals surface area contributed by atoms with Crippen molar-refractivity contribution in [1.29, 1.82) is 0 Å². The zero-order valence-electron chi connectivity index (χ0n) is 10.5. The lowest BCUT2D eigenvalue weighted by molar-refractivity contribution is 0.300. The molecule has 4 heteroatoms. The first-order valence-corrected chi connectivity index (χ1v) is 6.73. The van der Waals surface area contributed by atoms with Crippen LogP contribution < -0.4 is 5.32 Å². The molecule has 90 valence electrons. The van der Waals surface area contributed by atoms with Crippen LogP contribution in [0.2, 0.25) is 0 Å². The van der Waals surface area contributed by atoms with Gasteiger partial charge in [-0.05, 0) is 25.3 Å². The first-order chi connectivity index (χ1) is 7.53. The van der Waals surface area contributed by atoms with Gasteiger partial charge in [0.1, 0.15) is 0 Å². The molecule has 1 N–H and O–H groups in total. The van der Waals surface area contributed by atoms with Gasteiger partial charge in [0.05, 0.1) is 6.20 Å². The van der Waals surface area contributed by atoms with Crippen LogP contribution in [0, 0.1) is 5.41 Å². The van der Waals surface area contributed by atoms with Crippen molar-refractivity contribution in [2.24, 2.45) is 12.5 Å². The first kappa shape index (κ1) is 12.0. The summed E-state index contributed by atoms with van der Waals surface area (Å²) in [6.45, 7) is 4.72. The van der Waals surface area contributed by atoms with Crippen molar-refractivity contribution in [3.63, 3.8) is 0 Å². The number of aryl methyl sites for hydroxylation is 1. The first-order valence-electron chi connectivity index (χ1n) is 5.85. The summed E-state index contributed by atoms with van der Waals surface area (Å²) in [5.74, 6) is 0. The molecule has 1 aliphatic carbocycles. The van der Waals surface area contributed by atoms with E-state index in [-0.39, 0.29) is 0 Å². The van der Waals surface area contributed by atoms with E-state index in [1.54, 1.807) is 0 Å². The summed E-state index contributed by atoms with van der Waals surface area (Å²) in [7, 11) is 4.05. The van der Waals surface area contributed by atoms with Crippen molar-refractivity contribution >= 4 is 11.8 Å². The van der Waals surface area contributed by atoms with E-state index in [9.17, 15) is 0 Å². The van der Waals surface area contributed by atoms with Gasteiger partial charge < -0.3 is 5.32 Å². The van der Waals surface area contributed by atoms with Crippen molar-refractivity contribution in [2.45, 2.75) is 42.9 Å². The van der Waals surface area contributed by atoms with E-state index >= 15 is 0 Å². The minimum Gasteiger partial charge on any atom is -0.315 e. The Morgan fingerprint density at radius 1 is 1.56 bits per heavy atom. The van der Waals surface area contributed by atoms with Crippen molar-refractivity contribution in [2.75, 3.05) is 7.05 Å². The highest BCUT2D eigenvalue weighted by Crippen LogP contribution is 2.44. The average molecular weight is 239 g/mol. The second-order valence-corrected chi connectivity index (χ2v) is 6.61. The SMILES string of the molecule is CNC1C(Sc2cnn(C)c2)CCC1(C)C. The Kier molecular flexibility index (Phi) is 3.31. The predicted octanol–water partition coefficient (Wildman–Crippen LogP) is 2.29. The Morgan fingerprint density at radius 2 is 2.31 bits per heavy atom. The summed E-state index contributed by atoms with van der Waals surface area (Å²) in [5.41, 5.74) is 0.411. The van der Waals surface area contributed by atoms with Gasteiger partial charge in [0.25, 0.3) is 0 Å². The van der Waals surface area contributed by atoms with E-state index in [1.165, 1.54) is 17.7 Å². The fraction of sp³-hybridized carbons (Fsp3) is 0.750. The van der Waals surface area contributed by atoms with Crippen LogP contribution in [0.4, 0.5) is 0 Å². The van der Waals surface area contributed by atoms with Crippen LogP contribution in [-0.2, 0) is 7.05 Å². The van der Waals surface area contributed by atoms with Crippen LogP contribution in [0.15, 0.2) is 17.3 Å². The average Bonchev–Trinajstić information content (AvgIpc) is 2.72.